The van der Waals surface area contributed by atoms with Crippen LogP contribution in [0.25, 0.3) is 0 Å². The molecule has 1 rings (SSSR count). The maximum absolute atomic E-state index is 9.95. The zero-order valence-electron chi connectivity index (χ0n) is 10.9. The third-order valence-corrected chi connectivity index (χ3v) is 2.84. The van der Waals surface area contributed by atoms with Crippen molar-refractivity contribution in [3.63, 3.8) is 0 Å². The highest BCUT2D eigenvalue weighted by atomic mass is 16.5. The van der Waals surface area contributed by atoms with Gasteiger partial charge in [-0.05, 0) is 29.5 Å². The normalized spacial score (nSPS) is 13.6. The molecule has 0 bridgehead atoms. The predicted octanol–water partition coefficient (Wildman–Crippen LogP) is 3.44. The number of methoxy groups -OCH3 is 1. The number of rotatable bonds is 3. The van der Waals surface area contributed by atoms with E-state index in [-0.39, 0.29) is 5.41 Å². The van der Waals surface area contributed by atoms with Crippen molar-refractivity contribution in [1.82, 2.24) is 0 Å². The fraction of sp³-hybridized carbons (Fsp3) is 0.571. The molecule has 0 saturated heterocycles. The summed E-state index contributed by atoms with van der Waals surface area (Å²) in [7, 11) is 1.64. The molecule has 0 aliphatic carbocycles. The molecule has 0 spiro atoms. The van der Waals surface area contributed by atoms with Gasteiger partial charge in [0, 0.05) is 5.56 Å². The summed E-state index contributed by atoms with van der Waals surface area (Å²) in [5, 5.41) is 9.95. The predicted molar refractivity (Wildman–Crippen MR) is 66.9 cm³/mol. The molecule has 2 nitrogen and oxygen atoms in total. The quantitative estimate of drug-likeness (QED) is 0.849. The van der Waals surface area contributed by atoms with Gasteiger partial charge in [-0.2, -0.15) is 0 Å². The topological polar surface area (TPSA) is 29.5 Å². The fourth-order valence-corrected chi connectivity index (χ4v) is 1.68. The van der Waals surface area contributed by atoms with Crippen LogP contribution in [-0.4, -0.2) is 12.2 Å². The van der Waals surface area contributed by atoms with E-state index >= 15 is 0 Å². The minimum absolute atomic E-state index is 0.0917. The second-order valence-electron chi connectivity index (χ2n) is 5.13. The Morgan fingerprint density at radius 2 is 1.94 bits per heavy atom. The van der Waals surface area contributed by atoms with Crippen LogP contribution >= 0.6 is 0 Å². The van der Waals surface area contributed by atoms with E-state index in [1.54, 1.807) is 7.11 Å². The Bertz CT molecular complexity index is 350. The Hall–Kier alpha value is -1.02. The Balaban J connectivity index is 3.21. The van der Waals surface area contributed by atoms with Gasteiger partial charge < -0.3 is 9.84 Å². The summed E-state index contributed by atoms with van der Waals surface area (Å²) in [6.07, 6.45) is 0.251. The van der Waals surface area contributed by atoms with E-state index in [1.165, 1.54) is 5.56 Å². The minimum Gasteiger partial charge on any atom is -0.496 e. The van der Waals surface area contributed by atoms with Crippen LogP contribution in [0.5, 0.6) is 5.75 Å². The standard InChI is InChI=1S/C14H22O2/c1-6-12(15)11-9-10(14(2,3)4)7-8-13(11)16-5/h7-9,12,15H,6H2,1-5H3. The van der Waals surface area contributed by atoms with Gasteiger partial charge in [-0.3, -0.25) is 0 Å². The van der Waals surface area contributed by atoms with Gasteiger partial charge in [0.2, 0.25) is 0 Å². The van der Waals surface area contributed by atoms with E-state index in [9.17, 15) is 5.11 Å². The first-order chi connectivity index (χ1) is 7.40. The van der Waals surface area contributed by atoms with Gasteiger partial charge >= 0.3 is 0 Å². The fourth-order valence-electron chi connectivity index (χ4n) is 1.68. The largest absolute Gasteiger partial charge is 0.496 e. The van der Waals surface area contributed by atoms with Crippen molar-refractivity contribution in [2.24, 2.45) is 0 Å². The molecule has 0 aliphatic heterocycles. The average Bonchev–Trinajstić information content (AvgIpc) is 2.25. The van der Waals surface area contributed by atoms with Crippen molar-refractivity contribution < 1.29 is 9.84 Å². The van der Waals surface area contributed by atoms with Gasteiger partial charge in [-0.25, -0.2) is 0 Å². The second-order valence-corrected chi connectivity index (χ2v) is 5.13. The molecule has 0 fully saturated rings. The molecular formula is C14H22O2. The van der Waals surface area contributed by atoms with E-state index in [0.717, 1.165) is 11.3 Å². The Morgan fingerprint density at radius 3 is 2.38 bits per heavy atom. The Kier molecular flexibility index (Phi) is 3.98. The molecule has 0 saturated carbocycles. The molecular weight excluding hydrogens is 200 g/mol. The second kappa shape index (κ2) is 4.88. The summed E-state index contributed by atoms with van der Waals surface area (Å²) in [6, 6.07) is 6.05. The zero-order chi connectivity index (χ0) is 12.3. The molecule has 0 aliphatic rings. The number of ether oxygens (including phenoxy) is 1. The first-order valence-corrected chi connectivity index (χ1v) is 5.76. The van der Waals surface area contributed by atoms with E-state index in [0.29, 0.717) is 6.42 Å². The number of hydrogen-bond acceptors (Lipinski definition) is 2. The number of benzene rings is 1. The van der Waals surface area contributed by atoms with Crippen LogP contribution in [0.15, 0.2) is 18.2 Å². The summed E-state index contributed by atoms with van der Waals surface area (Å²) >= 11 is 0. The summed E-state index contributed by atoms with van der Waals surface area (Å²) in [6.45, 7) is 8.46. The lowest BCUT2D eigenvalue weighted by Crippen LogP contribution is -2.12. The van der Waals surface area contributed by atoms with Gasteiger partial charge in [0.25, 0.3) is 0 Å². The Labute approximate surface area is 98.3 Å². The van der Waals surface area contributed by atoms with E-state index in [4.69, 9.17) is 4.74 Å². The van der Waals surface area contributed by atoms with Gasteiger partial charge in [-0.15, -0.1) is 0 Å². The molecule has 0 heterocycles. The molecule has 0 amide bonds. The molecule has 16 heavy (non-hydrogen) atoms. The third-order valence-electron chi connectivity index (χ3n) is 2.84. The number of hydrogen-bond donors (Lipinski definition) is 1. The van der Waals surface area contributed by atoms with Gasteiger partial charge in [-0.1, -0.05) is 33.8 Å². The van der Waals surface area contributed by atoms with Crippen LogP contribution in [0.2, 0.25) is 0 Å². The summed E-state index contributed by atoms with van der Waals surface area (Å²) in [5.74, 6) is 0.766. The molecule has 90 valence electrons. The van der Waals surface area contributed by atoms with E-state index in [2.05, 4.69) is 26.8 Å². The third kappa shape index (κ3) is 2.76. The van der Waals surface area contributed by atoms with Crippen LogP contribution in [0, 0.1) is 0 Å². The first-order valence-electron chi connectivity index (χ1n) is 5.76. The smallest absolute Gasteiger partial charge is 0.124 e. The monoisotopic (exact) mass is 222 g/mol. The lowest BCUT2D eigenvalue weighted by molar-refractivity contribution is 0.169. The molecule has 0 radical (unpaired) electrons. The maximum atomic E-state index is 9.95. The lowest BCUT2D eigenvalue weighted by atomic mass is 9.85. The van der Waals surface area contributed by atoms with Crippen molar-refractivity contribution in [3.8, 4) is 5.75 Å². The van der Waals surface area contributed by atoms with Crippen LogP contribution in [-0.2, 0) is 5.41 Å². The summed E-state index contributed by atoms with van der Waals surface area (Å²) in [5.41, 5.74) is 2.20. The number of aliphatic hydroxyl groups is 1. The molecule has 1 atom stereocenters. The van der Waals surface area contributed by atoms with Crippen LogP contribution in [0.1, 0.15) is 51.3 Å². The first kappa shape index (κ1) is 13.0. The van der Waals surface area contributed by atoms with Crippen molar-refractivity contribution in [2.75, 3.05) is 7.11 Å². The molecule has 1 N–H and O–H groups in total. The highest BCUT2D eigenvalue weighted by molar-refractivity contribution is 5.41. The van der Waals surface area contributed by atoms with E-state index < -0.39 is 6.10 Å². The van der Waals surface area contributed by atoms with Crippen LogP contribution in [0.4, 0.5) is 0 Å². The number of aliphatic hydroxyl groups excluding tert-OH is 1. The zero-order valence-corrected chi connectivity index (χ0v) is 10.9. The maximum Gasteiger partial charge on any atom is 0.124 e. The van der Waals surface area contributed by atoms with Crippen LogP contribution in [0.3, 0.4) is 0 Å². The van der Waals surface area contributed by atoms with Crippen LogP contribution < -0.4 is 4.74 Å². The average molecular weight is 222 g/mol. The molecule has 0 aromatic heterocycles. The highest BCUT2D eigenvalue weighted by Gasteiger charge is 2.18. The van der Waals surface area contributed by atoms with Crippen molar-refractivity contribution in [1.29, 1.82) is 0 Å². The summed E-state index contributed by atoms with van der Waals surface area (Å²) in [4.78, 5) is 0. The molecule has 1 aromatic carbocycles. The van der Waals surface area contributed by atoms with E-state index in [1.807, 2.05) is 19.1 Å². The SMILES string of the molecule is CCC(O)c1cc(C(C)(C)C)ccc1OC. The Morgan fingerprint density at radius 1 is 1.31 bits per heavy atom. The molecule has 2 heteroatoms. The van der Waals surface area contributed by atoms with Crippen molar-refractivity contribution in [3.05, 3.63) is 29.3 Å². The van der Waals surface area contributed by atoms with Gasteiger partial charge in [0.1, 0.15) is 5.75 Å². The minimum atomic E-state index is -0.447. The molecule has 1 aromatic rings. The van der Waals surface area contributed by atoms with Crippen molar-refractivity contribution in [2.45, 2.75) is 45.6 Å². The van der Waals surface area contributed by atoms with Gasteiger partial charge in [0.05, 0.1) is 13.2 Å². The highest BCUT2D eigenvalue weighted by Crippen LogP contribution is 2.32. The summed E-state index contributed by atoms with van der Waals surface area (Å²) < 4.78 is 5.28. The van der Waals surface area contributed by atoms with Gasteiger partial charge in [0.15, 0.2) is 0 Å². The molecule has 1 unspecified atom stereocenters. The van der Waals surface area contributed by atoms with Crippen molar-refractivity contribution >= 4 is 0 Å². The lowest BCUT2D eigenvalue weighted by Gasteiger charge is -2.22.